The first-order valence-electron chi connectivity index (χ1n) is 6.90. The van der Waals surface area contributed by atoms with Gasteiger partial charge in [0.05, 0.1) is 12.6 Å². The van der Waals surface area contributed by atoms with E-state index in [2.05, 4.69) is 10.6 Å². The molecule has 0 unspecified atom stereocenters. The van der Waals surface area contributed by atoms with Crippen molar-refractivity contribution in [3.8, 4) is 0 Å². The topological polar surface area (TPSA) is 70.6 Å². The molecule has 0 bridgehead atoms. The lowest BCUT2D eigenvalue weighted by atomic mass is 10.2. The van der Waals surface area contributed by atoms with Crippen molar-refractivity contribution < 1.29 is 14.6 Å². The number of aliphatic hydroxyl groups is 1. The van der Waals surface area contributed by atoms with E-state index >= 15 is 0 Å². The molecule has 0 aliphatic carbocycles. The predicted molar refractivity (Wildman–Crippen MR) is 84.8 cm³/mol. The summed E-state index contributed by atoms with van der Waals surface area (Å²) in [7, 11) is 0. The third-order valence-electron chi connectivity index (χ3n) is 2.59. The van der Waals surface area contributed by atoms with E-state index in [1.165, 1.54) is 0 Å². The Bertz CT molecular complexity index is 460. The summed E-state index contributed by atoms with van der Waals surface area (Å²) in [6, 6.07) is 7.02. The van der Waals surface area contributed by atoms with Crippen LogP contribution < -0.4 is 10.6 Å². The summed E-state index contributed by atoms with van der Waals surface area (Å²) in [5.74, 6) is 0. The van der Waals surface area contributed by atoms with E-state index in [0.29, 0.717) is 18.0 Å². The van der Waals surface area contributed by atoms with Gasteiger partial charge in [-0.25, -0.2) is 4.79 Å². The van der Waals surface area contributed by atoms with Gasteiger partial charge in [0.2, 0.25) is 0 Å². The second kappa shape index (κ2) is 8.10. The minimum atomic E-state index is -0.552. The van der Waals surface area contributed by atoms with Crippen molar-refractivity contribution in [2.45, 2.75) is 38.8 Å². The Hall–Kier alpha value is -1.46. The molecule has 1 amide bonds. The van der Waals surface area contributed by atoms with Gasteiger partial charge in [0.25, 0.3) is 0 Å². The van der Waals surface area contributed by atoms with Crippen LogP contribution in [-0.2, 0) is 4.74 Å². The number of nitrogens with one attached hydrogen (secondary N) is 2. The summed E-state index contributed by atoms with van der Waals surface area (Å²) in [6.45, 7) is 5.83. The molecule has 1 aromatic rings. The number of benzene rings is 1. The van der Waals surface area contributed by atoms with Crippen LogP contribution in [0.15, 0.2) is 24.3 Å². The summed E-state index contributed by atoms with van der Waals surface area (Å²) >= 11 is 5.89. The Balaban J connectivity index is 2.36. The van der Waals surface area contributed by atoms with Crippen LogP contribution in [-0.4, -0.2) is 36.0 Å². The van der Waals surface area contributed by atoms with Crippen LogP contribution in [0, 0.1) is 0 Å². The van der Waals surface area contributed by atoms with Gasteiger partial charge in [-0.3, -0.25) is 0 Å². The SMILES string of the molecule is CC(C)(C)OC(=O)N[C@H](CO)CCNc1cccc(Cl)c1. The van der Waals surface area contributed by atoms with Gasteiger partial charge >= 0.3 is 6.09 Å². The molecule has 21 heavy (non-hydrogen) atoms. The van der Waals surface area contributed by atoms with Gasteiger partial charge in [-0.05, 0) is 45.4 Å². The molecule has 0 aliphatic rings. The van der Waals surface area contributed by atoms with Crippen LogP contribution in [0.2, 0.25) is 5.02 Å². The third kappa shape index (κ3) is 7.78. The van der Waals surface area contributed by atoms with Gasteiger partial charge in [0.1, 0.15) is 5.60 Å². The summed E-state index contributed by atoms with van der Waals surface area (Å²) in [5.41, 5.74) is 0.347. The van der Waals surface area contributed by atoms with Crippen molar-refractivity contribution >= 4 is 23.4 Å². The van der Waals surface area contributed by atoms with Crippen LogP contribution in [0.1, 0.15) is 27.2 Å². The van der Waals surface area contributed by atoms with E-state index in [4.69, 9.17) is 16.3 Å². The number of rotatable bonds is 6. The average molecular weight is 315 g/mol. The van der Waals surface area contributed by atoms with Gasteiger partial charge in [-0.2, -0.15) is 0 Å². The Morgan fingerprint density at radius 3 is 2.71 bits per heavy atom. The number of alkyl carbamates (subject to hydrolysis) is 1. The number of aliphatic hydroxyl groups excluding tert-OH is 1. The van der Waals surface area contributed by atoms with Gasteiger partial charge in [-0.15, -0.1) is 0 Å². The molecule has 0 spiro atoms. The van der Waals surface area contributed by atoms with Crippen molar-refractivity contribution in [1.82, 2.24) is 5.32 Å². The zero-order valence-corrected chi connectivity index (χ0v) is 13.4. The smallest absolute Gasteiger partial charge is 0.407 e. The minimum absolute atomic E-state index is 0.142. The fraction of sp³-hybridized carbons (Fsp3) is 0.533. The van der Waals surface area contributed by atoms with Crippen LogP contribution in [0.4, 0.5) is 10.5 Å². The van der Waals surface area contributed by atoms with E-state index in [-0.39, 0.29) is 12.6 Å². The number of halogens is 1. The predicted octanol–water partition coefficient (Wildman–Crippen LogP) is 3.03. The highest BCUT2D eigenvalue weighted by Crippen LogP contribution is 2.14. The molecule has 0 saturated heterocycles. The summed E-state index contributed by atoms with van der Waals surface area (Å²) in [5, 5.41) is 15.8. The number of carbonyl (C=O) groups is 1. The molecule has 0 fully saturated rings. The summed E-state index contributed by atoms with van der Waals surface area (Å²) < 4.78 is 5.15. The molecule has 1 aromatic carbocycles. The van der Waals surface area contributed by atoms with E-state index in [9.17, 15) is 9.90 Å². The number of hydrogen-bond acceptors (Lipinski definition) is 4. The molecule has 0 radical (unpaired) electrons. The highest BCUT2D eigenvalue weighted by Gasteiger charge is 2.18. The monoisotopic (exact) mass is 314 g/mol. The van der Waals surface area contributed by atoms with Crippen molar-refractivity contribution in [3.63, 3.8) is 0 Å². The van der Waals surface area contributed by atoms with Crippen LogP contribution in [0.5, 0.6) is 0 Å². The molecular formula is C15H23ClN2O3. The minimum Gasteiger partial charge on any atom is -0.444 e. The largest absolute Gasteiger partial charge is 0.444 e. The molecular weight excluding hydrogens is 292 g/mol. The molecule has 0 aliphatic heterocycles. The van der Waals surface area contributed by atoms with Gasteiger partial charge in [-0.1, -0.05) is 17.7 Å². The quantitative estimate of drug-likeness (QED) is 0.755. The molecule has 0 saturated carbocycles. The van der Waals surface area contributed by atoms with Crippen molar-refractivity contribution in [3.05, 3.63) is 29.3 Å². The van der Waals surface area contributed by atoms with E-state index in [1.807, 2.05) is 18.2 Å². The molecule has 1 rings (SSSR count). The van der Waals surface area contributed by atoms with Gasteiger partial charge in [0, 0.05) is 17.3 Å². The first-order valence-corrected chi connectivity index (χ1v) is 7.28. The zero-order chi connectivity index (χ0) is 15.9. The fourth-order valence-corrected chi connectivity index (χ4v) is 1.86. The Morgan fingerprint density at radius 1 is 1.43 bits per heavy atom. The molecule has 0 aromatic heterocycles. The summed E-state index contributed by atoms with van der Waals surface area (Å²) in [4.78, 5) is 11.6. The number of anilines is 1. The molecule has 6 heteroatoms. The maximum Gasteiger partial charge on any atom is 0.407 e. The molecule has 118 valence electrons. The van der Waals surface area contributed by atoms with E-state index in [0.717, 1.165) is 5.69 Å². The Kier molecular flexibility index (Phi) is 6.78. The normalized spacial score (nSPS) is 12.6. The molecule has 5 nitrogen and oxygen atoms in total. The third-order valence-corrected chi connectivity index (χ3v) is 2.82. The standard InChI is InChI=1S/C15H23ClN2O3/c1-15(2,3)21-14(20)18-13(10-19)7-8-17-12-6-4-5-11(16)9-12/h4-6,9,13,17,19H,7-8,10H2,1-3H3,(H,18,20)/t13-/m0/s1. The Labute approximate surface area is 130 Å². The van der Waals surface area contributed by atoms with E-state index < -0.39 is 11.7 Å². The van der Waals surface area contributed by atoms with Gasteiger partial charge < -0.3 is 20.5 Å². The van der Waals surface area contributed by atoms with Gasteiger partial charge in [0.15, 0.2) is 0 Å². The van der Waals surface area contributed by atoms with Crippen molar-refractivity contribution in [1.29, 1.82) is 0 Å². The highest BCUT2D eigenvalue weighted by atomic mass is 35.5. The second-order valence-electron chi connectivity index (χ2n) is 5.75. The molecule has 3 N–H and O–H groups in total. The van der Waals surface area contributed by atoms with Crippen LogP contribution >= 0.6 is 11.6 Å². The number of carbonyl (C=O) groups excluding carboxylic acids is 1. The fourth-order valence-electron chi connectivity index (χ4n) is 1.67. The van der Waals surface area contributed by atoms with Crippen molar-refractivity contribution in [2.24, 2.45) is 0 Å². The lowest BCUT2D eigenvalue weighted by Gasteiger charge is -2.23. The van der Waals surface area contributed by atoms with Crippen LogP contribution in [0.25, 0.3) is 0 Å². The van der Waals surface area contributed by atoms with Crippen LogP contribution in [0.3, 0.4) is 0 Å². The summed E-state index contributed by atoms with van der Waals surface area (Å²) in [6.07, 6.45) is 0.0479. The molecule has 1 atom stereocenters. The highest BCUT2D eigenvalue weighted by molar-refractivity contribution is 6.30. The average Bonchev–Trinajstić information content (AvgIpc) is 2.35. The van der Waals surface area contributed by atoms with Crippen molar-refractivity contribution in [2.75, 3.05) is 18.5 Å². The Morgan fingerprint density at radius 2 is 2.14 bits per heavy atom. The number of hydrogen-bond donors (Lipinski definition) is 3. The number of ether oxygens (including phenoxy) is 1. The first-order chi connectivity index (χ1) is 9.80. The lowest BCUT2D eigenvalue weighted by Crippen LogP contribution is -2.41. The lowest BCUT2D eigenvalue weighted by molar-refractivity contribution is 0.0480. The molecule has 0 heterocycles. The zero-order valence-electron chi connectivity index (χ0n) is 12.6. The maximum absolute atomic E-state index is 11.6. The van der Waals surface area contributed by atoms with E-state index in [1.54, 1.807) is 26.8 Å². The number of amides is 1. The second-order valence-corrected chi connectivity index (χ2v) is 6.19. The maximum atomic E-state index is 11.6. The first kappa shape index (κ1) is 17.6.